The molecule has 11 aromatic rings. The first-order valence-corrected chi connectivity index (χ1v) is 24.9. The Labute approximate surface area is 515 Å². The molecule has 0 saturated carbocycles. The van der Waals surface area contributed by atoms with Gasteiger partial charge in [-0.3, -0.25) is 0 Å². The predicted octanol–water partition coefficient (Wildman–Crippen LogP) is 11.1. The molecular weight excluding hydrogens is 999 g/mol. The van der Waals surface area contributed by atoms with E-state index in [1.807, 2.05) is 0 Å². The number of fused-ring (bicyclic) bond motifs is 6. The first-order chi connectivity index (χ1) is 54.8. The van der Waals surface area contributed by atoms with Gasteiger partial charge in [-0.05, 0) is 102 Å². The van der Waals surface area contributed by atoms with Crippen LogP contribution >= 0.6 is 0 Å². The highest BCUT2D eigenvalue weighted by Gasteiger charge is 2.63. The molecule has 0 saturated heterocycles. The van der Waals surface area contributed by atoms with Crippen LogP contribution in [-0.4, -0.2) is 35.3 Å². The molecule has 0 amide bonds. The van der Waals surface area contributed by atoms with Crippen molar-refractivity contribution in [3.8, 4) is 101 Å². The molecule has 0 aliphatic carbocycles. The van der Waals surface area contributed by atoms with Crippen molar-refractivity contribution in [2.24, 2.45) is 0 Å². The summed E-state index contributed by atoms with van der Waals surface area (Å²) in [6.45, 7) is 0. The Hall–Kier alpha value is -10.3. The fourth-order valence-electron chi connectivity index (χ4n) is 13.5. The van der Waals surface area contributed by atoms with Crippen LogP contribution in [0.1, 0.15) is 48.0 Å². The highest BCUT2D eigenvalue weighted by molar-refractivity contribution is 6.87. The van der Waals surface area contributed by atoms with Crippen LogP contribution in [0.5, 0.6) is 34.5 Å². The van der Waals surface area contributed by atoms with Crippen LogP contribution in [0.4, 0.5) is 45.5 Å². The SMILES string of the molecule is [2H]c1c([2H])c([2H])c(N2B3Oc4c([2H])c([2H])c([2H])c5c4-c4c3c(c3c6c4B(O5)N(c4c([2H])c([2H])c([2H])c([2H])c4[2H])c4c([2H])c5c7c(c4-6)B(O3)Oc3c4c6c8c(c3-7)B(Oc3c([2H])c([2H])c([2H])c(c3-8)OB6N(c3c([2H])c([2H])c([2H])c([2H])c3[2H])c3c([2H])c([2H])c([2H])c([2H])c3-4)N5c3c([2H])c([2H])c([2H])c([2H])c3[2H])-c3c([2H])c([2H])c([2H])c([2H])c32)c([2H])c1[2H]. The van der Waals surface area contributed by atoms with E-state index in [2.05, 4.69) is 0 Å². The second-order valence-corrected chi connectivity index (χ2v) is 19.6. The molecule has 0 unspecified atom stereocenters. The van der Waals surface area contributed by atoms with Crippen LogP contribution in [0.25, 0.3) is 66.8 Å². The van der Waals surface area contributed by atoms with Crippen LogP contribution < -0.4 is 74.5 Å². The lowest BCUT2D eigenvalue weighted by Gasteiger charge is -2.52. The van der Waals surface area contributed by atoms with Gasteiger partial charge in [0.05, 0.1) is 59.1 Å². The van der Waals surface area contributed by atoms with Crippen molar-refractivity contribution in [3.05, 3.63) is 211 Å². The summed E-state index contributed by atoms with van der Waals surface area (Å²) < 4.78 is 378. The molecule has 15 heteroatoms. The van der Waals surface area contributed by atoms with Gasteiger partial charge in [-0.25, -0.2) is 0 Å². The lowest BCUT2D eigenvalue weighted by atomic mass is 9.47. The molecule has 10 aliphatic heterocycles. The zero-order chi connectivity index (χ0) is 82.5. The highest BCUT2D eigenvalue weighted by atomic mass is 16.6. The summed E-state index contributed by atoms with van der Waals surface area (Å²) in [6, 6.07) is -33.7. The topological polar surface area (TPSA) is 68.3 Å². The Balaban J connectivity index is 1.02. The standard InChI is InChI=1S/C66H35B5N4O6/c1-5-19-36(20-6-1)72-42-29-15-13-27-40(42)50-60-56-54-46(76-67(60)72)31-17-33-48(54)78-69-62(56)58-52-44(74(69)38-23-9-3-10-24-38)35-45-53-59-63-57-55-47(32-18-34-49(55)79-70(63)75(45)39-25-11-4-12-26-39)77-68-61(57)51(66(59)81-71(64(52)53)80-65(50)58)41-28-14-16-30-43(41)73(68)37-21-7-2-8-22-37/h1-35H/i1D,2D,3D,4D,5D,6D,7D,8D,9D,10D,11D,12D,13D,14D,15D,16D,17D,18D,19D,20D,21D,22D,23D,24D,25D,26D,27D,28D,29D,30D,31D,32D,33D,34D,35D. The first-order valence-electron chi connectivity index (χ1n) is 42.4. The number of hydrogen-bond acceptors (Lipinski definition) is 10. The summed E-state index contributed by atoms with van der Waals surface area (Å²) in [7, 11) is -11.1. The van der Waals surface area contributed by atoms with Gasteiger partial charge in [-0.1, -0.05) is 121 Å². The monoisotopic (exact) mass is 1070 g/mol. The Morgan fingerprint density at radius 1 is 0.259 bits per heavy atom. The van der Waals surface area contributed by atoms with Gasteiger partial charge in [0.1, 0.15) is 34.5 Å². The molecule has 81 heavy (non-hydrogen) atoms. The molecule has 11 aromatic carbocycles. The van der Waals surface area contributed by atoms with Gasteiger partial charge < -0.3 is 47.2 Å². The largest absolute Gasteiger partial charge is 0.634 e. The molecule has 0 fully saturated rings. The average Bonchev–Trinajstić information content (AvgIpc) is 0.641. The summed E-state index contributed by atoms with van der Waals surface area (Å²) in [4.78, 5) is 3.64. The van der Waals surface area contributed by atoms with Gasteiger partial charge in [0.2, 0.25) is 0 Å². The van der Waals surface area contributed by atoms with E-state index in [4.69, 9.17) is 38.9 Å². The molecule has 10 heterocycles. The number of rotatable bonds is 4. The summed E-state index contributed by atoms with van der Waals surface area (Å²) in [5.74, 6) is -3.70. The van der Waals surface area contributed by atoms with E-state index >= 15 is 0 Å². The highest BCUT2D eigenvalue weighted by Crippen LogP contribution is 2.63. The fraction of sp³-hybridized carbons (Fsp3) is 0. The molecule has 10 aliphatic rings. The smallest absolute Gasteiger partial charge is 0.537 e. The third-order valence-corrected chi connectivity index (χ3v) is 16.2. The second-order valence-electron chi connectivity index (χ2n) is 19.6. The molecule has 0 radical (unpaired) electrons. The minimum atomic E-state index is -2.31. The Morgan fingerprint density at radius 2 is 0.580 bits per heavy atom. The van der Waals surface area contributed by atoms with E-state index in [1.54, 1.807) is 0 Å². The van der Waals surface area contributed by atoms with E-state index in [1.165, 1.54) is 0 Å². The maximum Gasteiger partial charge on any atom is 0.634 e. The molecule has 10 nitrogen and oxygen atoms in total. The Morgan fingerprint density at radius 3 is 0.951 bits per heavy atom. The molecule has 0 aromatic heterocycles. The van der Waals surface area contributed by atoms with Gasteiger partial charge in [-0.15, -0.1) is 0 Å². The second kappa shape index (κ2) is 14.5. The third-order valence-electron chi connectivity index (χ3n) is 16.2. The van der Waals surface area contributed by atoms with Crippen molar-refractivity contribution in [2.75, 3.05) is 19.2 Å². The summed E-state index contributed by atoms with van der Waals surface area (Å²) >= 11 is 0. The van der Waals surface area contributed by atoms with E-state index in [-0.39, 0.29) is 71.8 Å². The number of hydrogen-bond donors (Lipinski definition) is 0. The zero-order valence-electron chi connectivity index (χ0n) is 75.1. The summed E-state index contributed by atoms with van der Waals surface area (Å²) in [6.07, 6.45) is 0. The predicted molar refractivity (Wildman–Crippen MR) is 324 cm³/mol. The minimum absolute atomic E-state index is 0.258. The fourth-order valence-corrected chi connectivity index (χ4v) is 13.5. The van der Waals surface area contributed by atoms with Gasteiger partial charge >= 0.3 is 35.3 Å². The molecule has 0 atom stereocenters. The quantitative estimate of drug-likeness (QED) is 0.159. The van der Waals surface area contributed by atoms with Crippen LogP contribution in [0.3, 0.4) is 0 Å². The molecule has 0 N–H and O–H groups in total. The number of anilines is 8. The molecule has 370 valence electrons. The van der Waals surface area contributed by atoms with Crippen molar-refractivity contribution in [1.29, 1.82) is 0 Å². The van der Waals surface area contributed by atoms with Crippen molar-refractivity contribution in [2.45, 2.75) is 0 Å². The Bertz CT molecular complexity index is 6410. The van der Waals surface area contributed by atoms with Crippen LogP contribution in [-0.2, 0) is 0 Å². The van der Waals surface area contributed by atoms with Gasteiger partial charge in [0.25, 0.3) is 0 Å². The maximum absolute atomic E-state index is 11.5. The number of benzene rings is 11. The molecule has 0 bridgehead atoms. The van der Waals surface area contributed by atoms with E-state index in [0.717, 1.165) is 19.2 Å². The third kappa shape index (κ3) is 4.89. The van der Waals surface area contributed by atoms with Gasteiger partial charge in [0.15, 0.2) is 0 Å². The number of para-hydroxylation sites is 6. The van der Waals surface area contributed by atoms with E-state index < -0.39 is 349 Å². The Kier molecular flexibility index (Phi) is 3.90. The molecular formula is C66H35B5N4O6. The molecule has 21 rings (SSSR count). The summed E-state index contributed by atoms with van der Waals surface area (Å²) in [5.41, 5.74) is -12.1. The van der Waals surface area contributed by atoms with Gasteiger partial charge in [0, 0.05) is 117 Å². The van der Waals surface area contributed by atoms with Crippen molar-refractivity contribution in [3.63, 3.8) is 0 Å². The van der Waals surface area contributed by atoms with Crippen molar-refractivity contribution in [1.82, 2.24) is 0 Å². The number of nitrogens with zero attached hydrogens (tertiary/aromatic N) is 4. The van der Waals surface area contributed by atoms with Crippen LogP contribution in [0.15, 0.2) is 211 Å². The zero-order valence-corrected chi connectivity index (χ0v) is 40.1. The lowest BCUT2D eigenvalue weighted by Crippen LogP contribution is -2.66. The van der Waals surface area contributed by atoms with Crippen molar-refractivity contribution < 1.29 is 75.9 Å². The van der Waals surface area contributed by atoms with E-state index in [0.29, 0.717) is 0 Å². The summed E-state index contributed by atoms with van der Waals surface area (Å²) in [5, 5.41) is 0. The molecule has 0 spiro atoms. The van der Waals surface area contributed by atoms with E-state index in [9.17, 15) is 37.0 Å². The normalized spacial score (nSPS) is 21.6. The van der Waals surface area contributed by atoms with Gasteiger partial charge in [-0.2, -0.15) is 0 Å². The van der Waals surface area contributed by atoms with Crippen LogP contribution in [0.2, 0.25) is 0 Å². The van der Waals surface area contributed by atoms with Crippen molar-refractivity contribution >= 4 is 108 Å². The lowest BCUT2D eigenvalue weighted by molar-refractivity contribution is 0.437. The average molecular weight is 1070 g/mol. The maximum atomic E-state index is 11.5. The minimum Gasteiger partial charge on any atom is -0.537 e. The van der Waals surface area contributed by atoms with Crippen LogP contribution in [0, 0.1) is 0 Å². The first kappa shape index (κ1) is 21.8.